The van der Waals surface area contributed by atoms with E-state index in [0.29, 0.717) is 0 Å². The number of hydrogen-bond donors (Lipinski definition) is 2. The Morgan fingerprint density at radius 2 is 2.45 bits per heavy atom. The number of rotatable bonds is 1. The summed E-state index contributed by atoms with van der Waals surface area (Å²) in [6.45, 7) is 0. The van der Waals surface area contributed by atoms with Crippen LogP contribution in [0.5, 0.6) is 5.88 Å². The molecule has 0 saturated carbocycles. The molecule has 0 unspecified atom stereocenters. The lowest BCUT2D eigenvalue weighted by Gasteiger charge is -1.98. The maximum Gasteiger partial charge on any atom is 0.409 e. The molecule has 6 nitrogen and oxygen atoms in total. The molecule has 0 aliphatic heterocycles. The number of carbonyl (C=O) groups is 1. The minimum Gasteiger partial charge on any atom is -0.616 e. The van der Waals surface area contributed by atoms with Gasteiger partial charge in [-0.25, -0.2) is 4.98 Å². The molecule has 0 saturated heterocycles. The summed E-state index contributed by atoms with van der Waals surface area (Å²) in [7, 11) is 0. The van der Waals surface area contributed by atoms with Crippen LogP contribution in [0.3, 0.4) is 0 Å². The maximum absolute atomic E-state index is 10.6. The zero-order valence-electron chi connectivity index (χ0n) is 5.39. The molecule has 0 aliphatic rings. The van der Waals surface area contributed by atoms with Crippen LogP contribution >= 0.6 is 0 Å². The van der Waals surface area contributed by atoms with Gasteiger partial charge in [0.1, 0.15) is 0 Å². The molecule has 1 heterocycles. The summed E-state index contributed by atoms with van der Waals surface area (Å²) in [5.41, 5.74) is 4.34. The van der Waals surface area contributed by atoms with Gasteiger partial charge in [0.05, 0.1) is 6.20 Å². The Labute approximate surface area is 61.5 Å². The quantitative estimate of drug-likeness (QED) is 0.381. The number of hydrogen-bond acceptors (Lipinski definition) is 4. The number of amides is 1. The van der Waals surface area contributed by atoms with Gasteiger partial charge in [-0.1, -0.05) is 0 Å². The minimum absolute atomic E-state index is 0.104. The highest BCUT2D eigenvalue weighted by molar-refractivity contribution is 5.92. The third-order valence-electron chi connectivity index (χ3n) is 1.06. The van der Waals surface area contributed by atoms with Gasteiger partial charge in [-0.15, -0.1) is 4.73 Å². The van der Waals surface area contributed by atoms with E-state index in [1.165, 1.54) is 0 Å². The normalized spacial score (nSPS) is 9.45. The van der Waals surface area contributed by atoms with Gasteiger partial charge < -0.3 is 16.0 Å². The summed E-state index contributed by atoms with van der Waals surface area (Å²) in [4.78, 5) is 13.8. The minimum atomic E-state index is -0.937. The molecule has 0 aromatic carbocycles. The fourth-order valence-electron chi connectivity index (χ4n) is 0.575. The van der Waals surface area contributed by atoms with E-state index >= 15 is 0 Å². The van der Waals surface area contributed by atoms with E-state index in [9.17, 15) is 10.0 Å². The first-order valence-electron chi connectivity index (χ1n) is 2.70. The molecule has 58 valence electrons. The number of aromatic hydroxyl groups is 1. The molecule has 11 heavy (non-hydrogen) atoms. The average Bonchev–Trinajstić information content (AvgIpc) is 1.94. The zero-order chi connectivity index (χ0) is 8.43. The van der Waals surface area contributed by atoms with Crippen LogP contribution in [0.2, 0.25) is 0 Å². The first kappa shape index (κ1) is 7.26. The standard InChI is InChI=1S/C5H5N3O3/c6-4(9)3-5(10)8(11)2-1-7-3/h1-2,10H,(H2,6,9). The van der Waals surface area contributed by atoms with Crippen molar-refractivity contribution < 1.29 is 14.6 Å². The molecular weight excluding hydrogens is 150 g/mol. The van der Waals surface area contributed by atoms with Gasteiger partial charge >= 0.3 is 5.88 Å². The van der Waals surface area contributed by atoms with E-state index in [1.807, 2.05) is 0 Å². The van der Waals surface area contributed by atoms with E-state index in [0.717, 1.165) is 12.4 Å². The fraction of sp³-hybridized carbons (Fsp3) is 0. The van der Waals surface area contributed by atoms with Crippen LogP contribution in [0, 0.1) is 5.21 Å². The Morgan fingerprint density at radius 1 is 1.82 bits per heavy atom. The lowest BCUT2D eigenvalue weighted by molar-refractivity contribution is -0.614. The van der Waals surface area contributed by atoms with Crippen LogP contribution in [-0.2, 0) is 0 Å². The third kappa shape index (κ3) is 1.18. The molecule has 0 fully saturated rings. The summed E-state index contributed by atoms with van der Waals surface area (Å²) in [5, 5.41) is 19.4. The van der Waals surface area contributed by atoms with Crippen molar-refractivity contribution in [2.75, 3.05) is 0 Å². The average molecular weight is 155 g/mol. The second-order valence-electron chi connectivity index (χ2n) is 1.79. The zero-order valence-corrected chi connectivity index (χ0v) is 5.39. The van der Waals surface area contributed by atoms with Gasteiger partial charge in [-0.05, 0) is 0 Å². The Kier molecular flexibility index (Phi) is 1.59. The highest BCUT2D eigenvalue weighted by atomic mass is 16.5. The van der Waals surface area contributed by atoms with Crippen LogP contribution in [0.15, 0.2) is 12.4 Å². The van der Waals surface area contributed by atoms with Crippen LogP contribution in [-0.4, -0.2) is 16.0 Å². The van der Waals surface area contributed by atoms with Crippen molar-refractivity contribution in [2.45, 2.75) is 0 Å². The lowest BCUT2D eigenvalue weighted by atomic mass is 10.4. The van der Waals surface area contributed by atoms with Crippen molar-refractivity contribution in [1.82, 2.24) is 4.98 Å². The smallest absolute Gasteiger partial charge is 0.409 e. The molecule has 1 rings (SSSR count). The highest BCUT2D eigenvalue weighted by Gasteiger charge is 2.16. The van der Waals surface area contributed by atoms with Crippen LogP contribution in [0.4, 0.5) is 0 Å². The fourth-order valence-corrected chi connectivity index (χ4v) is 0.575. The largest absolute Gasteiger partial charge is 0.616 e. The van der Waals surface area contributed by atoms with Gasteiger partial charge in [0.25, 0.3) is 5.91 Å². The number of nitrogens with two attached hydrogens (primary N) is 1. The second-order valence-corrected chi connectivity index (χ2v) is 1.79. The van der Waals surface area contributed by atoms with Gasteiger partial charge in [-0.2, -0.15) is 0 Å². The summed E-state index contributed by atoms with van der Waals surface area (Å²) in [6, 6.07) is 0. The van der Waals surface area contributed by atoms with Crippen molar-refractivity contribution in [3.8, 4) is 5.88 Å². The Balaban J connectivity index is 3.27. The Bertz CT molecular complexity index is 299. The first-order chi connectivity index (χ1) is 5.13. The van der Waals surface area contributed by atoms with Gasteiger partial charge in [-0.3, -0.25) is 4.79 Å². The molecule has 0 atom stereocenters. The lowest BCUT2D eigenvalue weighted by Crippen LogP contribution is -2.29. The summed E-state index contributed by atoms with van der Waals surface area (Å²) < 4.78 is 0.104. The van der Waals surface area contributed by atoms with E-state index in [1.54, 1.807) is 0 Å². The number of primary amides is 1. The predicted octanol–water partition coefficient (Wildman–Crippen LogP) is -1.48. The molecule has 6 heteroatoms. The van der Waals surface area contributed by atoms with Crippen LogP contribution < -0.4 is 10.5 Å². The van der Waals surface area contributed by atoms with E-state index in [2.05, 4.69) is 4.98 Å². The summed E-state index contributed by atoms with van der Waals surface area (Å²) >= 11 is 0. The topological polar surface area (TPSA) is 103 Å². The van der Waals surface area contributed by atoms with Crippen LogP contribution in [0.1, 0.15) is 10.5 Å². The molecule has 1 aromatic rings. The summed E-state index contributed by atoms with van der Waals surface area (Å²) in [6.07, 6.45) is 2.04. The van der Waals surface area contributed by atoms with Crippen molar-refractivity contribution in [2.24, 2.45) is 5.73 Å². The molecule has 0 bridgehead atoms. The monoisotopic (exact) mass is 155 g/mol. The van der Waals surface area contributed by atoms with Gasteiger partial charge in [0.15, 0.2) is 0 Å². The van der Waals surface area contributed by atoms with Crippen molar-refractivity contribution >= 4 is 5.91 Å². The molecule has 1 amide bonds. The molecule has 1 aromatic heterocycles. The molecule has 0 radical (unpaired) electrons. The molecule has 0 spiro atoms. The van der Waals surface area contributed by atoms with E-state index in [4.69, 9.17) is 10.8 Å². The highest BCUT2D eigenvalue weighted by Crippen LogP contribution is 2.03. The molecule has 3 N–H and O–H groups in total. The Hall–Kier alpha value is -1.85. The maximum atomic E-state index is 10.6. The van der Waals surface area contributed by atoms with Gasteiger partial charge in [0.2, 0.25) is 11.9 Å². The number of carbonyl (C=O) groups excluding carboxylic acids is 1. The SMILES string of the molecule is NC(=O)c1ncc[n+]([O-])c1O. The van der Waals surface area contributed by atoms with Crippen molar-refractivity contribution in [3.05, 3.63) is 23.3 Å². The van der Waals surface area contributed by atoms with Crippen LogP contribution in [0.25, 0.3) is 0 Å². The van der Waals surface area contributed by atoms with Gasteiger partial charge in [0, 0.05) is 0 Å². The Morgan fingerprint density at radius 3 is 2.91 bits per heavy atom. The number of nitrogens with zero attached hydrogens (tertiary/aromatic N) is 2. The second kappa shape index (κ2) is 2.41. The van der Waals surface area contributed by atoms with E-state index < -0.39 is 17.5 Å². The number of aromatic nitrogens is 2. The third-order valence-corrected chi connectivity index (χ3v) is 1.06. The predicted molar refractivity (Wildman–Crippen MR) is 33.4 cm³/mol. The van der Waals surface area contributed by atoms with Crippen molar-refractivity contribution in [3.63, 3.8) is 0 Å². The first-order valence-corrected chi connectivity index (χ1v) is 2.70. The van der Waals surface area contributed by atoms with Crippen molar-refractivity contribution in [1.29, 1.82) is 0 Å². The molecule has 0 aliphatic carbocycles. The van der Waals surface area contributed by atoms with E-state index in [-0.39, 0.29) is 4.73 Å². The summed E-state index contributed by atoms with van der Waals surface area (Å²) in [5.74, 6) is -1.72. The molecular formula is C5H5N3O3.